The van der Waals surface area contributed by atoms with Gasteiger partial charge in [-0.2, -0.15) is 0 Å². The molecule has 0 heterocycles. The molecule has 5 heteroatoms. The Morgan fingerprint density at radius 1 is 1.10 bits per heavy atom. The number of hydrogen-bond donors (Lipinski definition) is 2. The van der Waals surface area contributed by atoms with Crippen LogP contribution >= 0.6 is 0 Å². The Hall–Kier alpha value is -2.27. The molecular weight excluding hydrogens is 262 g/mol. The summed E-state index contributed by atoms with van der Waals surface area (Å²) in [6.07, 6.45) is 0.352. The van der Waals surface area contributed by atoms with Crippen molar-refractivity contribution in [3.8, 4) is 0 Å². The minimum Gasteiger partial charge on any atom is -0.325 e. The Balaban J connectivity index is 2.00. The Kier molecular flexibility index (Phi) is 4.42. The van der Waals surface area contributed by atoms with Gasteiger partial charge in [-0.15, -0.1) is 0 Å². The maximum absolute atomic E-state index is 13.0. The Bertz CT molecular complexity index is 582. The number of hydrogen-bond acceptors (Lipinski definition) is 2. The van der Waals surface area contributed by atoms with E-state index in [0.717, 1.165) is 23.8 Å². The molecule has 2 aromatic rings. The molecule has 0 aliphatic rings. The summed E-state index contributed by atoms with van der Waals surface area (Å²) in [7, 11) is 0. The van der Waals surface area contributed by atoms with Crippen LogP contribution in [0.1, 0.15) is 5.56 Å². The van der Waals surface area contributed by atoms with Gasteiger partial charge in [-0.05, 0) is 24.1 Å². The molecule has 0 spiro atoms. The number of nitrogens with one attached hydrogen (secondary N) is 1. The molecule has 0 saturated heterocycles. The number of anilines is 1. The van der Waals surface area contributed by atoms with E-state index in [4.69, 9.17) is 5.73 Å². The summed E-state index contributed by atoms with van der Waals surface area (Å²) < 4.78 is 26.0. The average Bonchev–Trinajstić information content (AvgIpc) is 2.38. The van der Waals surface area contributed by atoms with Crippen LogP contribution in [0.2, 0.25) is 0 Å². The van der Waals surface area contributed by atoms with Crippen LogP contribution in [0.5, 0.6) is 0 Å². The molecule has 2 aromatic carbocycles. The molecule has 2 rings (SSSR count). The van der Waals surface area contributed by atoms with Crippen LogP contribution in [0.25, 0.3) is 0 Å². The SMILES string of the molecule is N[C@H](Cc1ccccc1)C(=O)Nc1cc(F)cc(F)c1. The molecule has 3 N–H and O–H groups in total. The molecule has 0 unspecified atom stereocenters. The smallest absolute Gasteiger partial charge is 0.241 e. The third kappa shape index (κ3) is 3.86. The number of nitrogens with two attached hydrogens (primary N) is 1. The van der Waals surface area contributed by atoms with Gasteiger partial charge in [-0.25, -0.2) is 8.78 Å². The minimum absolute atomic E-state index is 0.0519. The van der Waals surface area contributed by atoms with Crippen LogP contribution in [-0.2, 0) is 11.2 Å². The highest BCUT2D eigenvalue weighted by Crippen LogP contribution is 2.13. The van der Waals surface area contributed by atoms with E-state index < -0.39 is 23.6 Å². The Labute approximate surface area is 115 Å². The van der Waals surface area contributed by atoms with E-state index in [2.05, 4.69) is 5.32 Å². The monoisotopic (exact) mass is 276 g/mol. The van der Waals surface area contributed by atoms with Crippen LogP contribution in [0.3, 0.4) is 0 Å². The first-order chi connectivity index (χ1) is 9.54. The van der Waals surface area contributed by atoms with Crippen molar-refractivity contribution in [3.63, 3.8) is 0 Å². The highest BCUT2D eigenvalue weighted by Gasteiger charge is 2.14. The Morgan fingerprint density at radius 3 is 2.30 bits per heavy atom. The lowest BCUT2D eigenvalue weighted by molar-refractivity contribution is -0.117. The number of rotatable bonds is 4. The number of benzene rings is 2. The topological polar surface area (TPSA) is 55.1 Å². The zero-order chi connectivity index (χ0) is 14.5. The lowest BCUT2D eigenvalue weighted by atomic mass is 10.1. The molecule has 0 aliphatic heterocycles. The van der Waals surface area contributed by atoms with E-state index in [0.29, 0.717) is 6.42 Å². The maximum atomic E-state index is 13.0. The summed E-state index contributed by atoms with van der Waals surface area (Å²) >= 11 is 0. The van der Waals surface area contributed by atoms with Gasteiger partial charge in [0.15, 0.2) is 0 Å². The van der Waals surface area contributed by atoms with Crippen LogP contribution < -0.4 is 11.1 Å². The molecule has 104 valence electrons. The van der Waals surface area contributed by atoms with Crippen molar-refractivity contribution in [2.45, 2.75) is 12.5 Å². The zero-order valence-corrected chi connectivity index (χ0v) is 10.6. The van der Waals surface area contributed by atoms with Crippen molar-refractivity contribution < 1.29 is 13.6 Å². The first kappa shape index (κ1) is 14.1. The summed E-state index contributed by atoms with van der Waals surface area (Å²) in [6.45, 7) is 0. The second-order valence-corrected chi connectivity index (χ2v) is 4.44. The number of amides is 1. The summed E-state index contributed by atoms with van der Waals surface area (Å²) in [5.41, 5.74) is 6.74. The molecule has 1 amide bonds. The van der Waals surface area contributed by atoms with Gasteiger partial charge in [0.1, 0.15) is 11.6 Å². The van der Waals surface area contributed by atoms with Gasteiger partial charge in [0, 0.05) is 11.8 Å². The van der Waals surface area contributed by atoms with E-state index >= 15 is 0 Å². The summed E-state index contributed by atoms with van der Waals surface area (Å²) in [5.74, 6) is -1.99. The fourth-order valence-corrected chi connectivity index (χ4v) is 1.82. The normalized spacial score (nSPS) is 11.9. The first-order valence-corrected chi connectivity index (χ1v) is 6.11. The van der Waals surface area contributed by atoms with Crippen molar-refractivity contribution in [1.29, 1.82) is 0 Å². The van der Waals surface area contributed by atoms with Crippen molar-refractivity contribution in [2.75, 3.05) is 5.32 Å². The predicted molar refractivity (Wildman–Crippen MR) is 73.1 cm³/mol. The molecule has 0 bridgehead atoms. The zero-order valence-electron chi connectivity index (χ0n) is 10.6. The van der Waals surface area contributed by atoms with E-state index in [9.17, 15) is 13.6 Å². The van der Waals surface area contributed by atoms with E-state index in [-0.39, 0.29) is 5.69 Å². The van der Waals surface area contributed by atoms with E-state index in [1.165, 1.54) is 0 Å². The largest absolute Gasteiger partial charge is 0.325 e. The maximum Gasteiger partial charge on any atom is 0.241 e. The van der Waals surface area contributed by atoms with Crippen LogP contribution in [0.4, 0.5) is 14.5 Å². The van der Waals surface area contributed by atoms with Crippen molar-refractivity contribution >= 4 is 11.6 Å². The third-order valence-electron chi connectivity index (χ3n) is 2.77. The van der Waals surface area contributed by atoms with Crippen LogP contribution in [0.15, 0.2) is 48.5 Å². The molecule has 0 fully saturated rings. The minimum atomic E-state index is -0.788. The van der Waals surface area contributed by atoms with E-state index in [1.54, 1.807) is 0 Å². The van der Waals surface area contributed by atoms with Crippen molar-refractivity contribution in [3.05, 3.63) is 65.7 Å². The standard InChI is InChI=1S/C15H14F2N2O/c16-11-7-12(17)9-13(8-11)19-15(20)14(18)6-10-4-2-1-3-5-10/h1-5,7-9,14H,6,18H2,(H,19,20)/t14-/m1/s1. The van der Waals surface area contributed by atoms with Gasteiger partial charge < -0.3 is 11.1 Å². The van der Waals surface area contributed by atoms with Gasteiger partial charge in [0.2, 0.25) is 5.91 Å². The van der Waals surface area contributed by atoms with Gasteiger partial charge in [-0.3, -0.25) is 4.79 Å². The van der Waals surface area contributed by atoms with E-state index in [1.807, 2.05) is 30.3 Å². The molecule has 1 atom stereocenters. The van der Waals surface area contributed by atoms with Gasteiger partial charge in [0.05, 0.1) is 6.04 Å². The highest BCUT2D eigenvalue weighted by molar-refractivity contribution is 5.94. The lowest BCUT2D eigenvalue weighted by Gasteiger charge is -2.12. The quantitative estimate of drug-likeness (QED) is 0.901. The molecule has 3 nitrogen and oxygen atoms in total. The van der Waals surface area contributed by atoms with Crippen LogP contribution in [0, 0.1) is 11.6 Å². The molecular formula is C15H14F2N2O. The third-order valence-corrected chi connectivity index (χ3v) is 2.77. The predicted octanol–water partition coefficient (Wildman–Crippen LogP) is 2.47. The van der Waals surface area contributed by atoms with Crippen molar-refractivity contribution in [1.82, 2.24) is 0 Å². The second kappa shape index (κ2) is 6.25. The number of carbonyl (C=O) groups is 1. The molecule has 0 aromatic heterocycles. The fraction of sp³-hybridized carbons (Fsp3) is 0.133. The number of halogens is 2. The molecule has 0 saturated carbocycles. The van der Waals surface area contributed by atoms with Gasteiger partial charge in [-0.1, -0.05) is 30.3 Å². The average molecular weight is 276 g/mol. The number of carbonyl (C=O) groups excluding carboxylic acids is 1. The van der Waals surface area contributed by atoms with Gasteiger partial charge in [0.25, 0.3) is 0 Å². The second-order valence-electron chi connectivity index (χ2n) is 4.44. The Morgan fingerprint density at radius 2 is 1.70 bits per heavy atom. The molecule has 0 radical (unpaired) electrons. The lowest BCUT2D eigenvalue weighted by Crippen LogP contribution is -2.37. The summed E-state index contributed by atoms with van der Waals surface area (Å²) in [4.78, 5) is 11.9. The van der Waals surface area contributed by atoms with Crippen LogP contribution in [-0.4, -0.2) is 11.9 Å². The molecule has 20 heavy (non-hydrogen) atoms. The van der Waals surface area contributed by atoms with Crippen molar-refractivity contribution in [2.24, 2.45) is 5.73 Å². The highest BCUT2D eigenvalue weighted by atomic mass is 19.1. The molecule has 0 aliphatic carbocycles. The first-order valence-electron chi connectivity index (χ1n) is 6.11. The summed E-state index contributed by atoms with van der Waals surface area (Å²) in [5, 5.41) is 2.40. The van der Waals surface area contributed by atoms with Gasteiger partial charge >= 0.3 is 0 Å². The summed E-state index contributed by atoms with van der Waals surface area (Å²) in [6, 6.07) is 11.3. The fourth-order valence-electron chi connectivity index (χ4n) is 1.82.